The molecule has 1 heterocycles. The van der Waals surface area contributed by atoms with E-state index in [-0.39, 0.29) is 30.3 Å². The van der Waals surface area contributed by atoms with Crippen LogP contribution in [0.15, 0.2) is 84.9 Å². The van der Waals surface area contributed by atoms with Gasteiger partial charge in [-0.05, 0) is 30.3 Å². The first-order chi connectivity index (χ1) is 15.1. The van der Waals surface area contributed by atoms with Gasteiger partial charge in [0.2, 0.25) is 6.29 Å². The summed E-state index contributed by atoms with van der Waals surface area (Å²) in [7, 11) is 0. The van der Waals surface area contributed by atoms with Gasteiger partial charge in [-0.3, -0.25) is 14.9 Å². The molecule has 0 spiro atoms. The van der Waals surface area contributed by atoms with Gasteiger partial charge in [-0.2, -0.15) is 0 Å². The van der Waals surface area contributed by atoms with Gasteiger partial charge in [-0.1, -0.05) is 48.5 Å². The van der Waals surface area contributed by atoms with Gasteiger partial charge >= 0.3 is 0 Å². The largest absolute Gasteiger partial charge is 0.491 e. The highest BCUT2D eigenvalue weighted by Gasteiger charge is 2.36. The summed E-state index contributed by atoms with van der Waals surface area (Å²) in [5.74, 6) is 0.290. The van der Waals surface area contributed by atoms with E-state index in [2.05, 4.69) is 0 Å². The minimum atomic E-state index is -1.13. The summed E-state index contributed by atoms with van der Waals surface area (Å²) < 4.78 is 11.7. The van der Waals surface area contributed by atoms with E-state index in [1.54, 1.807) is 42.5 Å². The Balaban J connectivity index is 1.59. The van der Waals surface area contributed by atoms with Crippen LogP contribution in [-0.4, -0.2) is 35.1 Å². The molecule has 8 heteroatoms. The molecule has 1 fully saturated rings. The Morgan fingerprint density at radius 2 is 1.65 bits per heavy atom. The van der Waals surface area contributed by atoms with Crippen LogP contribution in [0.1, 0.15) is 22.2 Å². The van der Waals surface area contributed by atoms with Gasteiger partial charge in [0.05, 0.1) is 17.0 Å². The Kier molecular flexibility index (Phi) is 6.21. The molecule has 31 heavy (non-hydrogen) atoms. The van der Waals surface area contributed by atoms with Gasteiger partial charge < -0.3 is 9.47 Å². The van der Waals surface area contributed by atoms with Gasteiger partial charge in [0.1, 0.15) is 18.5 Å². The van der Waals surface area contributed by atoms with E-state index in [9.17, 15) is 14.9 Å². The van der Waals surface area contributed by atoms with Crippen molar-refractivity contribution in [2.45, 2.75) is 12.4 Å². The molecule has 158 valence electrons. The van der Waals surface area contributed by atoms with Crippen molar-refractivity contribution in [3.8, 4) is 5.75 Å². The molecule has 0 N–H and O–H groups in total. The topological polar surface area (TPSA) is 91.1 Å². The predicted octanol–water partition coefficient (Wildman–Crippen LogP) is 4.15. The zero-order valence-corrected chi connectivity index (χ0v) is 16.5. The van der Waals surface area contributed by atoms with Crippen LogP contribution in [0.5, 0.6) is 5.75 Å². The lowest BCUT2D eigenvalue weighted by Crippen LogP contribution is -2.47. The van der Waals surface area contributed by atoms with Crippen molar-refractivity contribution in [3.63, 3.8) is 0 Å². The third-order valence-electron chi connectivity index (χ3n) is 4.72. The highest BCUT2D eigenvalue weighted by Crippen LogP contribution is 2.33. The van der Waals surface area contributed by atoms with Gasteiger partial charge in [0.25, 0.3) is 11.6 Å². The van der Waals surface area contributed by atoms with Gasteiger partial charge in [-0.15, -0.1) is 0 Å². The molecule has 0 bridgehead atoms. The van der Waals surface area contributed by atoms with E-state index in [0.717, 1.165) is 0 Å². The zero-order chi connectivity index (χ0) is 21.6. The van der Waals surface area contributed by atoms with Crippen LogP contribution in [0.2, 0.25) is 0 Å². The lowest BCUT2D eigenvalue weighted by Gasteiger charge is -2.37. The molecule has 3 aromatic carbocycles. The molecule has 1 amide bonds. The number of hydrogen-bond donors (Lipinski definition) is 0. The van der Waals surface area contributed by atoms with Crippen molar-refractivity contribution in [1.29, 1.82) is 0 Å². The number of nitro groups is 1. The Hall–Kier alpha value is -3.75. The molecule has 0 radical (unpaired) electrons. The van der Waals surface area contributed by atoms with Crippen LogP contribution in [0.3, 0.4) is 0 Å². The van der Waals surface area contributed by atoms with Crippen LogP contribution >= 0.6 is 0 Å². The Labute approximate surface area is 178 Å². The summed E-state index contributed by atoms with van der Waals surface area (Å²) in [5, 5.41) is 12.7. The Bertz CT molecular complexity index is 1040. The molecular weight excluding hydrogens is 400 g/mol. The molecule has 8 nitrogen and oxygen atoms in total. The van der Waals surface area contributed by atoms with E-state index >= 15 is 0 Å². The van der Waals surface area contributed by atoms with Gasteiger partial charge in [0.15, 0.2) is 0 Å². The Morgan fingerprint density at radius 1 is 1.00 bits per heavy atom. The minimum Gasteiger partial charge on any atom is -0.491 e. The first kappa shape index (κ1) is 20.5. The maximum Gasteiger partial charge on any atom is 0.277 e. The summed E-state index contributed by atoms with van der Waals surface area (Å²) in [5.41, 5.74) is 0.514. The summed E-state index contributed by atoms with van der Waals surface area (Å²) in [6.45, 7) is 0.251. The SMILES string of the molecule is O=C(c1ccccc1)N1C[C@H](COc2ccccc2)O[C@@H](c2ccccc2[N+](=O)[O-])O1. The lowest BCUT2D eigenvalue weighted by molar-refractivity contribution is -0.390. The number of nitro benzene ring substituents is 1. The van der Waals surface area contributed by atoms with E-state index in [1.165, 1.54) is 11.1 Å². The number of benzene rings is 3. The smallest absolute Gasteiger partial charge is 0.277 e. The average molecular weight is 420 g/mol. The normalized spacial score (nSPS) is 18.4. The van der Waals surface area contributed by atoms with E-state index in [4.69, 9.17) is 14.3 Å². The fourth-order valence-corrected chi connectivity index (χ4v) is 3.22. The maximum atomic E-state index is 13.0. The van der Waals surface area contributed by atoms with Crippen molar-refractivity contribution < 1.29 is 24.0 Å². The summed E-state index contributed by atoms with van der Waals surface area (Å²) in [4.78, 5) is 29.7. The maximum absolute atomic E-state index is 13.0. The van der Waals surface area contributed by atoms with Crippen LogP contribution < -0.4 is 4.74 Å². The fraction of sp³-hybridized carbons (Fsp3) is 0.174. The van der Waals surface area contributed by atoms with Gasteiger partial charge in [0, 0.05) is 11.6 Å². The molecule has 1 aliphatic heterocycles. The number of rotatable bonds is 6. The summed E-state index contributed by atoms with van der Waals surface area (Å²) in [6, 6.07) is 24.0. The molecule has 0 unspecified atom stereocenters. The second-order valence-electron chi connectivity index (χ2n) is 6.87. The van der Waals surface area contributed by atoms with Crippen molar-refractivity contribution in [2.75, 3.05) is 13.2 Å². The zero-order valence-electron chi connectivity index (χ0n) is 16.5. The molecular formula is C23H20N2O6. The summed E-state index contributed by atoms with van der Waals surface area (Å²) >= 11 is 0. The van der Waals surface area contributed by atoms with E-state index in [0.29, 0.717) is 11.3 Å². The second-order valence-corrected chi connectivity index (χ2v) is 6.87. The molecule has 2 atom stereocenters. The van der Waals surface area contributed by atoms with Crippen LogP contribution in [0, 0.1) is 10.1 Å². The predicted molar refractivity (Wildman–Crippen MR) is 111 cm³/mol. The van der Waals surface area contributed by atoms with Crippen molar-refractivity contribution >= 4 is 11.6 Å². The number of hydrogen-bond acceptors (Lipinski definition) is 6. The highest BCUT2D eigenvalue weighted by atomic mass is 16.8. The van der Waals surface area contributed by atoms with E-state index < -0.39 is 17.3 Å². The van der Waals surface area contributed by atoms with Crippen LogP contribution in [0.4, 0.5) is 5.69 Å². The second kappa shape index (κ2) is 9.38. The van der Waals surface area contributed by atoms with Crippen LogP contribution in [-0.2, 0) is 9.57 Å². The fourth-order valence-electron chi connectivity index (χ4n) is 3.22. The first-order valence-corrected chi connectivity index (χ1v) is 9.72. The molecule has 4 rings (SSSR count). The number of ether oxygens (including phenoxy) is 2. The number of para-hydroxylation sites is 2. The summed E-state index contributed by atoms with van der Waals surface area (Å²) in [6.07, 6.45) is -1.70. The van der Waals surface area contributed by atoms with Crippen molar-refractivity contribution in [3.05, 3.63) is 106 Å². The van der Waals surface area contributed by atoms with Crippen molar-refractivity contribution in [1.82, 2.24) is 5.06 Å². The standard InChI is InChI=1S/C23H20N2O6/c26-22(17-9-3-1-4-10-17)24-15-19(16-29-18-11-5-2-6-12-18)30-23(31-24)20-13-7-8-14-21(20)25(27)28/h1-14,19,23H,15-16H2/t19-,23-/m1/s1. The number of carbonyl (C=O) groups is 1. The quantitative estimate of drug-likeness (QED) is 0.440. The number of amides is 1. The number of hydroxylamine groups is 2. The molecule has 1 saturated heterocycles. The number of carbonyl (C=O) groups excluding carboxylic acids is 1. The first-order valence-electron chi connectivity index (χ1n) is 9.72. The van der Waals surface area contributed by atoms with Crippen LogP contribution in [0.25, 0.3) is 0 Å². The third-order valence-corrected chi connectivity index (χ3v) is 4.72. The minimum absolute atomic E-state index is 0.109. The molecule has 0 saturated carbocycles. The lowest BCUT2D eigenvalue weighted by atomic mass is 10.1. The Morgan fingerprint density at radius 3 is 2.35 bits per heavy atom. The van der Waals surface area contributed by atoms with Crippen molar-refractivity contribution in [2.24, 2.45) is 0 Å². The molecule has 0 aromatic heterocycles. The van der Waals surface area contributed by atoms with Gasteiger partial charge in [-0.25, -0.2) is 9.90 Å². The third kappa shape index (κ3) is 4.88. The average Bonchev–Trinajstić information content (AvgIpc) is 2.83. The number of nitrogens with zero attached hydrogens (tertiary/aromatic N) is 2. The monoisotopic (exact) mass is 420 g/mol. The molecule has 1 aliphatic rings. The highest BCUT2D eigenvalue weighted by molar-refractivity contribution is 5.93. The molecule has 0 aliphatic carbocycles. The molecule has 3 aromatic rings. The van der Waals surface area contributed by atoms with E-state index in [1.807, 2.05) is 36.4 Å².